The summed E-state index contributed by atoms with van der Waals surface area (Å²) in [5.41, 5.74) is 0.701. The summed E-state index contributed by atoms with van der Waals surface area (Å²) in [5, 5.41) is 0.613. The normalized spacial score (nSPS) is 23.8. The van der Waals surface area contributed by atoms with Gasteiger partial charge in [-0.05, 0) is 25.5 Å². The maximum atomic E-state index is 12.2. The van der Waals surface area contributed by atoms with Crippen LogP contribution in [0, 0.1) is 0 Å². The number of ether oxygens (including phenoxy) is 1. The van der Waals surface area contributed by atoms with Crippen molar-refractivity contribution in [2.45, 2.75) is 38.8 Å². The van der Waals surface area contributed by atoms with Crippen LogP contribution in [-0.4, -0.2) is 42.5 Å². The Morgan fingerprint density at radius 3 is 3.00 bits per heavy atom. The zero-order valence-corrected chi connectivity index (χ0v) is 12.9. The van der Waals surface area contributed by atoms with Gasteiger partial charge in [-0.1, -0.05) is 30.7 Å². The predicted molar refractivity (Wildman–Crippen MR) is 81.5 cm³/mol. The third-order valence-electron chi connectivity index (χ3n) is 3.83. The summed E-state index contributed by atoms with van der Waals surface area (Å²) in [7, 11) is 0. The van der Waals surface area contributed by atoms with E-state index in [1.807, 2.05) is 12.1 Å². The molecule has 0 bridgehead atoms. The highest BCUT2D eigenvalue weighted by atomic mass is 35.5. The molecule has 2 atom stereocenters. The van der Waals surface area contributed by atoms with Crippen molar-refractivity contribution in [2.24, 2.45) is 0 Å². The largest absolute Gasteiger partial charge is 0.376 e. The highest BCUT2D eigenvalue weighted by Crippen LogP contribution is 2.17. The number of hydrogen-bond acceptors (Lipinski definition) is 3. The Morgan fingerprint density at radius 2 is 2.30 bits per heavy atom. The van der Waals surface area contributed by atoms with Gasteiger partial charge in [0, 0.05) is 36.1 Å². The van der Waals surface area contributed by atoms with E-state index in [-0.39, 0.29) is 11.9 Å². The molecule has 0 saturated carbocycles. The number of carbonyl (C=O) groups excluding carboxylic acids is 1. The van der Waals surface area contributed by atoms with Gasteiger partial charge in [0.05, 0.1) is 12.7 Å². The van der Waals surface area contributed by atoms with E-state index in [9.17, 15) is 4.79 Å². The molecule has 110 valence electrons. The van der Waals surface area contributed by atoms with Crippen molar-refractivity contribution in [3.05, 3.63) is 34.9 Å². The van der Waals surface area contributed by atoms with Crippen LogP contribution >= 0.6 is 11.6 Å². The van der Waals surface area contributed by atoms with Gasteiger partial charge in [0.15, 0.2) is 5.78 Å². The molecule has 0 N–H and O–H groups in total. The minimum absolute atomic E-state index is 0.154. The topological polar surface area (TPSA) is 29.5 Å². The Labute approximate surface area is 125 Å². The SMILES string of the molecule is CCC1COC(C)CN1CCC(=O)c1cccc(Cl)c1. The minimum Gasteiger partial charge on any atom is -0.376 e. The van der Waals surface area contributed by atoms with Gasteiger partial charge in [0.2, 0.25) is 0 Å². The number of nitrogens with zero attached hydrogens (tertiary/aromatic N) is 1. The van der Waals surface area contributed by atoms with E-state index in [4.69, 9.17) is 16.3 Å². The maximum absolute atomic E-state index is 12.2. The lowest BCUT2D eigenvalue weighted by molar-refractivity contribution is -0.0553. The summed E-state index contributed by atoms with van der Waals surface area (Å²) in [4.78, 5) is 14.6. The summed E-state index contributed by atoms with van der Waals surface area (Å²) in [5.74, 6) is 0.154. The maximum Gasteiger partial charge on any atom is 0.164 e. The Bertz CT molecular complexity index is 464. The van der Waals surface area contributed by atoms with Gasteiger partial charge >= 0.3 is 0 Å². The van der Waals surface area contributed by atoms with Gasteiger partial charge in [0.25, 0.3) is 0 Å². The van der Waals surface area contributed by atoms with Crippen LogP contribution in [0.2, 0.25) is 5.02 Å². The van der Waals surface area contributed by atoms with Crippen LogP contribution in [-0.2, 0) is 4.74 Å². The van der Waals surface area contributed by atoms with Crippen LogP contribution < -0.4 is 0 Å². The van der Waals surface area contributed by atoms with Crippen molar-refractivity contribution in [3.63, 3.8) is 0 Å². The molecule has 0 spiro atoms. The van der Waals surface area contributed by atoms with Gasteiger partial charge in [0.1, 0.15) is 0 Å². The molecule has 1 aromatic carbocycles. The Morgan fingerprint density at radius 1 is 1.50 bits per heavy atom. The van der Waals surface area contributed by atoms with Gasteiger partial charge in [-0.2, -0.15) is 0 Å². The highest BCUT2D eigenvalue weighted by molar-refractivity contribution is 6.31. The second-order valence-corrected chi connectivity index (χ2v) is 5.82. The molecular formula is C16H22ClNO2. The lowest BCUT2D eigenvalue weighted by Crippen LogP contribution is -2.49. The Kier molecular flexibility index (Phi) is 5.58. The molecule has 2 unspecified atom stereocenters. The van der Waals surface area contributed by atoms with E-state index in [1.165, 1.54) is 0 Å². The fourth-order valence-electron chi connectivity index (χ4n) is 2.61. The molecule has 1 heterocycles. The first kappa shape index (κ1) is 15.5. The Balaban J connectivity index is 1.91. The fraction of sp³-hybridized carbons (Fsp3) is 0.562. The summed E-state index contributed by atoms with van der Waals surface area (Å²) in [6, 6.07) is 7.60. The molecule has 1 aromatic rings. The molecule has 1 aliphatic rings. The number of Topliss-reactive ketones (excluding diaryl/α,β-unsaturated/α-hetero) is 1. The van der Waals surface area contributed by atoms with Crippen LogP contribution in [0.4, 0.5) is 0 Å². The number of ketones is 1. The average Bonchev–Trinajstić information content (AvgIpc) is 2.45. The number of carbonyl (C=O) groups is 1. The van der Waals surface area contributed by atoms with Crippen LogP contribution in [0.5, 0.6) is 0 Å². The van der Waals surface area contributed by atoms with Crippen LogP contribution in [0.3, 0.4) is 0 Å². The lowest BCUT2D eigenvalue weighted by atomic mass is 10.1. The number of hydrogen-bond donors (Lipinski definition) is 0. The van der Waals surface area contributed by atoms with Crippen molar-refractivity contribution in [2.75, 3.05) is 19.7 Å². The van der Waals surface area contributed by atoms with Crippen molar-refractivity contribution in [3.8, 4) is 0 Å². The Hall–Kier alpha value is -0.900. The second-order valence-electron chi connectivity index (χ2n) is 5.38. The number of halogens is 1. The minimum atomic E-state index is 0.154. The van der Waals surface area contributed by atoms with E-state index in [1.54, 1.807) is 12.1 Å². The smallest absolute Gasteiger partial charge is 0.164 e. The molecular weight excluding hydrogens is 274 g/mol. The molecule has 0 aromatic heterocycles. The molecule has 1 fully saturated rings. The predicted octanol–water partition coefficient (Wildman–Crippen LogP) is 3.41. The van der Waals surface area contributed by atoms with Crippen LogP contribution in [0.15, 0.2) is 24.3 Å². The molecule has 20 heavy (non-hydrogen) atoms. The summed E-state index contributed by atoms with van der Waals surface area (Å²) >= 11 is 5.92. The molecule has 4 heteroatoms. The number of benzene rings is 1. The third kappa shape index (κ3) is 4.05. The lowest BCUT2D eigenvalue weighted by Gasteiger charge is -2.38. The van der Waals surface area contributed by atoms with Gasteiger partial charge in [-0.3, -0.25) is 9.69 Å². The van der Waals surface area contributed by atoms with Crippen molar-refractivity contribution in [1.82, 2.24) is 4.90 Å². The summed E-state index contributed by atoms with van der Waals surface area (Å²) in [6.07, 6.45) is 1.83. The van der Waals surface area contributed by atoms with Crippen molar-refractivity contribution in [1.29, 1.82) is 0 Å². The molecule has 0 aliphatic carbocycles. The fourth-order valence-corrected chi connectivity index (χ4v) is 2.80. The molecule has 3 nitrogen and oxygen atoms in total. The van der Waals surface area contributed by atoms with Gasteiger partial charge in [-0.25, -0.2) is 0 Å². The zero-order chi connectivity index (χ0) is 14.5. The molecule has 2 rings (SSSR count). The van der Waals surface area contributed by atoms with Crippen LogP contribution in [0.25, 0.3) is 0 Å². The first-order valence-electron chi connectivity index (χ1n) is 7.24. The van der Waals surface area contributed by atoms with E-state index in [0.29, 0.717) is 23.0 Å². The highest BCUT2D eigenvalue weighted by Gasteiger charge is 2.25. The second kappa shape index (κ2) is 7.21. The van der Waals surface area contributed by atoms with Crippen molar-refractivity contribution >= 4 is 17.4 Å². The third-order valence-corrected chi connectivity index (χ3v) is 4.06. The molecule has 0 radical (unpaired) electrons. The van der Waals surface area contributed by atoms with E-state index in [2.05, 4.69) is 18.7 Å². The quantitative estimate of drug-likeness (QED) is 0.780. The van der Waals surface area contributed by atoms with E-state index < -0.39 is 0 Å². The zero-order valence-electron chi connectivity index (χ0n) is 12.1. The summed E-state index contributed by atoms with van der Waals surface area (Å²) < 4.78 is 5.67. The monoisotopic (exact) mass is 295 g/mol. The average molecular weight is 296 g/mol. The van der Waals surface area contributed by atoms with E-state index >= 15 is 0 Å². The van der Waals surface area contributed by atoms with E-state index in [0.717, 1.165) is 26.1 Å². The van der Waals surface area contributed by atoms with Crippen LogP contribution in [0.1, 0.15) is 37.0 Å². The molecule has 0 amide bonds. The summed E-state index contributed by atoms with van der Waals surface area (Å²) in [6.45, 7) is 6.70. The molecule has 1 saturated heterocycles. The molecule has 1 aliphatic heterocycles. The number of morpholine rings is 1. The van der Waals surface area contributed by atoms with Gasteiger partial charge < -0.3 is 4.74 Å². The number of rotatable bonds is 5. The first-order chi connectivity index (χ1) is 9.60. The van der Waals surface area contributed by atoms with Gasteiger partial charge in [-0.15, -0.1) is 0 Å². The standard InChI is InChI=1S/C16H22ClNO2/c1-3-15-11-20-12(2)10-18(15)8-7-16(19)13-5-4-6-14(17)9-13/h4-6,9,12,15H,3,7-8,10-11H2,1-2H3. The first-order valence-corrected chi connectivity index (χ1v) is 7.62. The van der Waals surface area contributed by atoms with Crippen molar-refractivity contribution < 1.29 is 9.53 Å².